The predicted molar refractivity (Wildman–Crippen MR) is 69.5 cm³/mol. The van der Waals surface area contributed by atoms with Crippen LogP contribution in [0.15, 0.2) is 18.3 Å². The number of H-pyrrole nitrogens is 1. The minimum absolute atomic E-state index is 0.0305. The number of ether oxygens (including phenoxy) is 1. The van der Waals surface area contributed by atoms with Gasteiger partial charge < -0.3 is 20.5 Å². The molecule has 1 unspecified atom stereocenters. The molecule has 0 aliphatic carbocycles. The average Bonchev–Trinajstić information content (AvgIpc) is 2.85. The van der Waals surface area contributed by atoms with E-state index in [0.717, 1.165) is 28.8 Å². The van der Waals surface area contributed by atoms with Crippen molar-refractivity contribution < 1.29 is 9.84 Å². The normalized spacial score (nSPS) is 20.5. The van der Waals surface area contributed by atoms with E-state index in [1.165, 1.54) is 0 Å². The van der Waals surface area contributed by atoms with Gasteiger partial charge in [0, 0.05) is 18.5 Å². The van der Waals surface area contributed by atoms with Crippen molar-refractivity contribution in [3.05, 3.63) is 18.3 Å². The maximum absolute atomic E-state index is 9.16. The molecular weight excluding hydrogens is 232 g/mol. The third kappa shape index (κ3) is 1.89. The monoisotopic (exact) mass is 248 g/mol. The molecule has 1 saturated heterocycles. The lowest BCUT2D eigenvalue weighted by atomic mass is 10.1. The van der Waals surface area contributed by atoms with Gasteiger partial charge in [0.2, 0.25) is 0 Å². The molecule has 0 spiro atoms. The van der Waals surface area contributed by atoms with Crippen LogP contribution in [0.2, 0.25) is 0 Å². The Labute approximate surface area is 104 Å². The molecule has 0 saturated carbocycles. The van der Waals surface area contributed by atoms with E-state index < -0.39 is 0 Å². The van der Waals surface area contributed by atoms with E-state index in [1.54, 1.807) is 6.20 Å². The molecule has 6 nitrogen and oxygen atoms in total. The maximum atomic E-state index is 9.16. The van der Waals surface area contributed by atoms with E-state index in [2.05, 4.69) is 15.1 Å². The highest BCUT2D eigenvalue weighted by Gasteiger charge is 2.21. The van der Waals surface area contributed by atoms with Crippen molar-refractivity contribution >= 4 is 22.3 Å². The number of nitrogens with two attached hydrogens (primary N) is 1. The Hall–Kier alpha value is -1.79. The number of aliphatic hydroxyl groups is 1. The minimum atomic E-state index is -0.143. The highest BCUT2D eigenvalue weighted by molar-refractivity contribution is 5.88. The number of anilines is 2. The number of fused-ring (bicyclic) bond motifs is 1. The van der Waals surface area contributed by atoms with Crippen molar-refractivity contribution in [2.75, 3.05) is 36.9 Å². The van der Waals surface area contributed by atoms with Crippen LogP contribution < -0.4 is 10.6 Å². The summed E-state index contributed by atoms with van der Waals surface area (Å²) >= 11 is 0. The zero-order valence-electron chi connectivity index (χ0n) is 9.97. The molecule has 6 heteroatoms. The second-order valence-corrected chi connectivity index (χ2v) is 4.49. The number of benzene rings is 1. The van der Waals surface area contributed by atoms with Gasteiger partial charge in [0.1, 0.15) is 0 Å². The van der Waals surface area contributed by atoms with Crippen LogP contribution in [0.25, 0.3) is 10.9 Å². The summed E-state index contributed by atoms with van der Waals surface area (Å²) < 4.78 is 5.44. The average molecular weight is 248 g/mol. The van der Waals surface area contributed by atoms with Crippen molar-refractivity contribution in [3.8, 4) is 0 Å². The van der Waals surface area contributed by atoms with Gasteiger partial charge in [0.25, 0.3) is 0 Å². The molecular formula is C12H16N4O2. The third-order valence-corrected chi connectivity index (χ3v) is 3.27. The number of nitrogens with one attached hydrogen (secondary N) is 1. The fraction of sp³-hybridized carbons (Fsp3) is 0.417. The van der Waals surface area contributed by atoms with Crippen molar-refractivity contribution in [3.63, 3.8) is 0 Å². The van der Waals surface area contributed by atoms with Crippen LogP contribution in [0, 0.1) is 0 Å². The number of nitrogens with zero attached hydrogens (tertiary/aromatic N) is 2. The number of nitrogen functional groups attached to an aromatic ring is 1. The van der Waals surface area contributed by atoms with Gasteiger partial charge in [0.15, 0.2) is 0 Å². The van der Waals surface area contributed by atoms with Crippen LogP contribution >= 0.6 is 0 Å². The first-order valence-electron chi connectivity index (χ1n) is 5.98. The minimum Gasteiger partial charge on any atom is -0.397 e. The summed E-state index contributed by atoms with van der Waals surface area (Å²) in [7, 11) is 0. The van der Waals surface area contributed by atoms with E-state index in [0.29, 0.717) is 13.2 Å². The van der Waals surface area contributed by atoms with Gasteiger partial charge >= 0.3 is 0 Å². The largest absolute Gasteiger partial charge is 0.397 e. The standard InChI is InChI=1S/C12H16N4O2/c13-10-3-8-5-14-15-11(8)4-12(10)16-1-2-18-9(6-16)7-17/h3-5,9,17H,1-2,6-7,13H2,(H,14,15). The molecule has 1 atom stereocenters. The van der Waals surface area contributed by atoms with Gasteiger partial charge in [-0.05, 0) is 12.1 Å². The summed E-state index contributed by atoms with van der Waals surface area (Å²) in [6.45, 7) is 2.06. The Morgan fingerprint density at radius 2 is 2.44 bits per heavy atom. The summed E-state index contributed by atoms with van der Waals surface area (Å²) in [5.74, 6) is 0. The van der Waals surface area contributed by atoms with E-state index in [9.17, 15) is 0 Å². The highest BCUT2D eigenvalue weighted by atomic mass is 16.5. The van der Waals surface area contributed by atoms with Crippen molar-refractivity contribution in [2.24, 2.45) is 0 Å². The van der Waals surface area contributed by atoms with E-state index >= 15 is 0 Å². The van der Waals surface area contributed by atoms with Crippen LogP contribution in [0.5, 0.6) is 0 Å². The Kier molecular flexibility index (Phi) is 2.81. The van der Waals surface area contributed by atoms with Crippen LogP contribution in [0.4, 0.5) is 11.4 Å². The van der Waals surface area contributed by atoms with Crippen LogP contribution in [0.3, 0.4) is 0 Å². The fourth-order valence-electron chi connectivity index (χ4n) is 2.32. The SMILES string of the molecule is Nc1cc2cn[nH]c2cc1N1CCOC(CO)C1. The lowest BCUT2D eigenvalue weighted by Gasteiger charge is -2.34. The molecule has 1 aliphatic heterocycles. The number of hydrogen-bond donors (Lipinski definition) is 3. The number of morpholine rings is 1. The summed E-state index contributed by atoms with van der Waals surface area (Å²) in [5, 5.41) is 17.1. The predicted octanol–water partition coefficient (Wildman–Crippen LogP) is 0.343. The number of aromatic amines is 1. The lowest BCUT2D eigenvalue weighted by molar-refractivity contribution is 0.00361. The Morgan fingerprint density at radius 1 is 1.56 bits per heavy atom. The summed E-state index contributed by atoms with van der Waals surface area (Å²) in [5.41, 5.74) is 8.73. The second kappa shape index (κ2) is 4.47. The van der Waals surface area contributed by atoms with Gasteiger partial charge in [0.05, 0.1) is 42.4 Å². The van der Waals surface area contributed by atoms with Crippen molar-refractivity contribution in [2.45, 2.75) is 6.10 Å². The Morgan fingerprint density at radius 3 is 3.28 bits per heavy atom. The third-order valence-electron chi connectivity index (χ3n) is 3.27. The maximum Gasteiger partial charge on any atom is 0.0980 e. The highest BCUT2D eigenvalue weighted by Crippen LogP contribution is 2.29. The smallest absolute Gasteiger partial charge is 0.0980 e. The first-order valence-corrected chi connectivity index (χ1v) is 5.98. The lowest BCUT2D eigenvalue weighted by Crippen LogP contribution is -2.44. The molecule has 2 heterocycles. The molecule has 0 radical (unpaired) electrons. The number of aliphatic hydroxyl groups excluding tert-OH is 1. The van der Waals surface area contributed by atoms with E-state index in [4.69, 9.17) is 15.6 Å². The molecule has 1 aliphatic rings. The van der Waals surface area contributed by atoms with E-state index in [-0.39, 0.29) is 12.7 Å². The molecule has 2 aromatic rings. The molecule has 1 fully saturated rings. The molecule has 18 heavy (non-hydrogen) atoms. The van der Waals surface area contributed by atoms with Gasteiger partial charge in [-0.25, -0.2) is 0 Å². The Bertz CT molecular complexity index is 554. The van der Waals surface area contributed by atoms with Crippen molar-refractivity contribution in [1.82, 2.24) is 10.2 Å². The molecule has 0 bridgehead atoms. The van der Waals surface area contributed by atoms with Gasteiger partial charge in [-0.15, -0.1) is 0 Å². The molecule has 96 valence electrons. The van der Waals surface area contributed by atoms with Gasteiger partial charge in [-0.1, -0.05) is 0 Å². The molecule has 1 aromatic carbocycles. The molecule has 0 amide bonds. The molecule has 1 aromatic heterocycles. The van der Waals surface area contributed by atoms with Crippen molar-refractivity contribution in [1.29, 1.82) is 0 Å². The van der Waals surface area contributed by atoms with Crippen LogP contribution in [-0.4, -0.2) is 47.7 Å². The zero-order valence-corrected chi connectivity index (χ0v) is 9.97. The molecule has 3 rings (SSSR count). The van der Waals surface area contributed by atoms with Crippen LogP contribution in [0.1, 0.15) is 0 Å². The summed E-state index contributed by atoms with van der Waals surface area (Å²) in [6.07, 6.45) is 1.61. The topological polar surface area (TPSA) is 87.4 Å². The fourth-order valence-corrected chi connectivity index (χ4v) is 2.32. The quantitative estimate of drug-likeness (QED) is 0.667. The van der Waals surface area contributed by atoms with Gasteiger partial charge in [-0.2, -0.15) is 5.10 Å². The van der Waals surface area contributed by atoms with E-state index in [1.807, 2.05) is 12.1 Å². The zero-order chi connectivity index (χ0) is 12.5. The summed E-state index contributed by atoms with van der Waals surface area (Å²) in [6, 6.07) is 3.91. The molecule has 4 N–H and O–H groups in total. The summed E-state index contributed by atoms with van der Waals surface area (Å²) in [4.78, 5) is 2.14. The number of hydrogen-bond acceptors (Lipinski definition) is 5. The first kappa shape index (κ1) is 11.3. The first-order chi connectivity index (χ1) is 8.78. The second-order valence-electron chi connectivity index (χ2n) is 4.49. The Balaban J connectivity index is 1.94. The number of rotatable bonds is 2. The van der Waals surface area contributed by atoms with Gasteiger partial charge in [-0.3, -0.25) is 5.10 Å². The number of aromatic nitrogens is 2. The van der Waals surface area contributed by atoms with Crippen LogP contribution in [-0.2, 0) is 4.74 Å².